The summed E-state index contributed by atoms with van der Waals surface area (Å²) < 4.78 is 12.5. The Morgan fingerprint density at radius 3 is 2.50 bits per heavy atom. The molecule has 1 rings (SSSR count). The van der Waals surface area contributed by atoms with E-state index in [0.29, 0.717) is 13.2 Å². The maximum absolute atomic E-state index is 5.90. The molecule has 1 aromatic rings. The summed E-state index contributed by atoms with van der Waals surface area (Å²) in [5, 5.41) is 0. The van der Waals surface area contributed by atoms with Gasteiger partial charge in [0.2, 0.25) is 0 Å². The Hall–Kier alpha value is -0.130. The van der Waals surface area contributed by atoms with Gasteiger partial charge in [0.1, 0.15) is 0 Å². The number of alkyl halides is 1. The SMILES string of the molecule is Cc1cccc(C(CI)OCCOC(C)(C)C)c1. The lowest BCUT2D eigenvalue weighted by molar-refractivity contribution is -0.0477. The van der Waals surface area contributed by atoms with Gasteiger partial charge in [-0.3, -0.25) is 0 Å². The summed E-state index contributed by atoms with van der Waals surface area (Å²) in [4.78, 5) is 0. The molecule has 102 valence electrons. The van der Waals surface area contributed by atoms with Gasteiger partial charge < -0.3 is 9.47 Å². The second-order valence-electron chi connectivity index (χ2n) is 5.39. The molecule has 0 saturated carbocycles. The third-order valence-corrected chi connectivity index (χ3v) is 3.29. The first kappa shape index (κ1) is 15.9. The maximum Gasteiger partial charge on any atom is 0.0915 e. The molecule has 2 nitrogen and oxygen atoms in total. The van der Waals surface area contributed by atoms with E-state index in [1.807, 2.05) is 0 Å². The zero-order chi connectivity index (χ0) is 13.6. The average molecular weight is 362 g/mol. The maximum atomic E-state index is 5.90. The van der Waals surface area contributed by atoms with Crippen molar-refractivity contribution < 1.29 is 9.47 Å². The Bertz CT molecular complexity index is 358. The molecule has 0 aliphatic heterocycles. The minimum absolute atomic E-state index is 0.0908. The fourth-order valence-corrected chi connectivity index (χ4v) is 2.40. The van der Waals surface area contributed by atoms with Gasteiger partial charge >= 0.3 is 0 Å². The van der Waals surface area contributed by atoms with E-state index in [2.05, 4.69) is 74.6 Å². The van der Waals surface area contributed by atoms with Crippen LogP contribution in [-0.4, -0.2) is 23.2 Å². The fraction of sp³-hybridized carbons (Fsp3) is 0.600. The molecule has 0 N–H and O–H groups in total. The molecule has 0 aromatic heterocycles. The summed E-state index contributed by atoms with van der Waals surface area (Å²) in [6.07, 6.45) is 0.161. The van der Waals surface area contributed by atoms with Crippen molar-refractivity contribution in [2.75, 3.05) is 17.6 Å². The van der Waals surface area contributed by atoms with Gasteiger partial charge in [0.05, 0.1) is 24.9 Å². The van der Waals surface area contributed by atoms with Gasteiger partial charge in [0.25, 0.3) is 0 Å². The minimum Gasteiger partial charge on any atom is -0.373 e. The lowest BCUT2D eigenvalue weighted by Crippen LogP contribution is -2.22. The first-order valence-electron chi connectivity index (χ1n) is 6.30. The summed E-state index contributed by atoms with van der Waals surface area (Å²) >= 11 is 2.37. The highest BCUT2D eigenvalue weighted by molar-refractivity contribution is 14.1. The molecule has 0 amide bonds. The van der Waals surface area contributed by atoms with Crippen LogP contribution in [0.25, 0.3) is 0 Å². The molecular weight excluding hydrogens is 339 g/mol. The van der Waals surface area contributed by atoms with E-state index in [1.54, 1.807) is 0 Å². The monoisotopic (exact) mass is 362 g/mol. The molecule has 3 heteroatoms. The number of benzene rings is 1. The largest absolute Gasteiger partial charge is 0.373 e. The number of hydrogen-bond donors (Lipinski definition) is 0. The van der Waals surface area contributed by atoms with Crippen molar-refractivity contribution in [2.45, 2.75) is 39.4 Å². The number of halogens is 1. The third kappa shape index (κ3) is 6.16. The van der Waals surface area contributed by atoms with Crippen molar-refractivity contribution in [3.8, 4) is 0 Å². The highest BCUT2D eigenvalue weighted by Gasteiger charge is 2.12. The minimum atomic E-state index is -0.0908. The van der Waals surface area contributed by atoms with Crippen LogP contribution in [0.2, 0.25) is 0 Å². The zero-order valence-electron chi connectivity index (χ0n) is 11.7. The molecule has 0 heterocycles. The Morgan fingerprint density at radius 2 is 1.94 bits per heavy atom. The van der Waals surface area contributed by atoms with Gasteiger partial charge in [-0.2, -0.15) is 0 Å². The lowest BCUT2D eigenvalue weighted by atomic mass is 10.1. The molecule has 1 aromatic carbocycles. The van der Waals surface area contributed by atoms with Crippen LogP contribution in [0.1, 0.15) is 38.0 Å². The van der Waals surface area contributed by atoms with Crippen LogP contribution < -0.4 is 0 Å². The van der Waals surface area contributed by atoms with Crippen molar-refractivity contribution in [2.24, 2.45) is 0 Å². The van der Waals surface area contributed by atoms with Gasteiger partial charge in [0, 0.05) is 4.43 Å². The number of hydrogen-bond acceptors (Lipinski definition) is 2. The summed E-state index contributed by atoms with van der Waals surface area (Å²) in [6, 6.07) is 8.50. The van der Waals surface area contributed by atoms with Gasteiger partial charge in [-0.1, -0.05) is 52.4 Å². The third-order valence-electron chi connectivity index (χ3n) is 2.49. The van der Waals surface area contributed by atoms with E-state index in [4.69, 9.17) is 9.47 Å². The van der Waals surface area contributed by atoms with E-state index in [-0.39, 0.29) is 11.7 Å². The molecule has 1 unspecified atom stereocenters. The quantitative estimate of drug-likeness (QED) is 0.427. The van der Waals surface area contributed by atoms with Gasteiger partial charge in [0.15, 0.2) is 0 Å². The van der Waals surface area contributed by atoms with Crippen LogP contribution >= 0.6 is 22.6 Å². The van der Waals surface area contributed by atoms with E-state index >= 15 is 0 Å². The van der Waals surface area contributed by atoms with Crippen molar-refractivity contribution in [1.29, 1.82) is 0 Å². The predicted octanol–water partition coefficient (Wildman–Crippen LogP) is 4.30. The fourth-order valence-electron chi connectivity index (χ4n) is 1.64. The van der Waals surface area contributed by atoms with Crippen LogP contribution in [0.3, 0.4) is 0 Å². The number of ether oxygens (including phenoxy) is 2. The predicted molar refractivity (Wildman–Crippen MR) is 84.5 cm³/mol. The van der Waals surface area contributed by atoms with E-state index in [1.165, 1.54) is 11.1 Å². The van der Waals surface area contributed by atoms with Crippen LogP contribution in [0.15, 0.2) is 24.3 Å². The van der Waals surface area contributed by atoms with Crippen LogP contribution in [0, 0.1) is 6.92 Å². The van der Waals surface area contributed by atoms with Gasteiger partial charge in [-0.25, -0.2) is 0 Å². The smallest absolute Gasteiger partial charge is 0.0915 e. The van der Waals surface area contributed by atoms with Crippen LogP contribution in [0.4, 0.5) is 0 Å². The second kappa shape index (κ2) is 7.46. The van der Waals surface area contributed by atoms with E-state index < -0.39 is 0 Å². The summed E-state index contributed by atoms with van der Waals surface area (Å²) in [5.41, 5.74) is 2.43. The molecular formula is C15H23IO2. The lowest BCUT2D eigenvalue weighted by Gasteiger charge is -2.21. The highest BCUT2D eigenvalue weighted by Crippen LogP contribution is 2.21. The molecule has 18 heavy (non-hydrogen) atoms. The van der Waals surface area contributed by atoms with Gasteiger partial charge in [-0.15, -0.1) is 0 Å². The number of rotatable bonds is 6. The molecule has 0 spiro atoms. The zero-order valence-corrected chi connectivity index (χ0v) is 13.9. The van der Waals surface area contributed by atoms with E-state index in [9.17, 15) is 0 Å². The number of aryl methyl sites for hydroxylation is 1. The molecule has 0 fully saturated rings. The molecule has 0 aliphatic rings. The van der Waals surface area contributed by atoms with E-state index in [0.717, 1.165) is 4.43 Å². The molecule has 0 bridgehead atoms. The molecule has 0 aliphatic carbocycles. The first-order chi connectivity index (χ1) is 8.42. The first-order valence-corrected chi connectivity index (χ1v) is 7.83. The summed E-state index contributed by atoms with van der Waals surface area (Å²) in [7, 11) is 0. The topological polar surface area (TPSA) is 18.5 Å². The highest BCUT2D eigenvalue weighted by atomic mass is 127. The standard InChI is InChI=1S/C15H23IO2/c1-12-6-5-7-13(10-12)14(11-16)17-8-9-18-15(2,3)4/h5-7,10,14H,8-9,11H2,1-4H3. The van der Waals surface area contributed by atoms with Crippen LogP contribution in [0.5, 0.6) is 0 Å². The Balaban J connectivity index is 2.43. The second-order valence-corrected chi connectivity index (χ2v) is 6.27. The Labute approximate surface area is 124 Å². The van der Waals surface area contributed by atoms with Gasteiger partial charge in [-0.05, 0) is 33.3 Å². The average Bonchev–Trinajstić information content (AvgIpc) is 2.27. The molecule has 1 atom stereocenters. The molecule has 0 saturated heterocycles. The van der Waals surface area contributed by atoms with Crippen LogP contribution in [-0.2, 0) is 9.47 Å². The van der Waals surface area contributed by atoms with Crippen molar-refractivity contribution >= 4 is 22.6 Å². The normalized spacial score (nSPS) is 13.6. The van der Waals surface area contributed by atoms with Crippen molar-refractivity contribution in [3.63, 3.8) is 0 Å². The Morgan fingerprint density at radius 1 is 1.22 bits per heavy atom. The van der Waals surface area contributed by atoms with Crippen molar-refractivity contribution in [3.05, 3.63) is 35.4 Å². The summed E-state index contributed by atoms with van der Waals surface area (Å²) in [5.74, 6) is 0. The van der Waals surface area contributed by atoms with Crippen molar-refractivity contribution in [1.82, 2.24) is 0 Å². The summed E-state index contributed by atoms with van der Waals surface area (Å²) in [6.45, 7) is 9.56. The Kier molecular flexibility index (Phi) is 6.60. The molecule has 0 radical (unpaired) electrons.